The first-order valence-electron chi connectivity index (χ1n) is 12.0. The summed E-state index contributed by atoms with van der Waals surface area (Å²) in [6.07, 6.45) is 7.59. The van der Waals surface area contributed by atoms with Crippen LogP contribution in [0.2, 0.25) is 0 Å². The number of hydrogen-bond acceptors (Lipinski definition) is 1. The lowest BCUT2D eigenvalue weighted by Crippen LogP contribution is -1.88. The van der Waals surface area contributed by atoms with Crippen molar-refractivity contribution >= 4 is 10.8 Å². The molecule has 0 spiro atoms. The van der Waals surface area contributed by atoms with Crippen LogP contribution in [0, 0.1) is 29.0 Å². The van der Waals surface area contributed by atoms with Gasteiger partial charge in [0.15, 0.2) is 0 Å². The largest absolute Gasteiger partial charge is 0.206 e. The lowest BCUT2D eigenvalue weighted by Gasteiger charge is -2.07. The summed E-state index contributed by atoms with van der Waals surface area (Å²) in [5.41, 5.74) is 5.05. The summed E-state index contributed by atoms with van der Waals surface area (Å²) in [6, 6.07) is 26.9. The second-order valence-electron chi connectivity index (χ2n) is 8.66. The minimum Gasteiger partial charge on any atom is -0.206 e. The molecule has 0 saturated heterocycles. The highest BCUT2D eigenvalue weighted by atomic mass is 19.1. The normalized spacial score (nSPS) is 10.5. The van der Waals surface area contributed by atoms with Crippen LogP contribution in [-0.4, -0.2) is 0 Å². The molecule has 4 aromatic carbocycles. The van der Waals surface area contributed by atoms with Crippen molar-refractivity contribution in [1.82, 2.24) is 0 Å². The number of aryl methyl sites for hydroxylation is 1. The third-order valence-electron chi connectivity index (χ3n) is 6.15. The fraction of sp³-hybridized carbons (Fsp3) is 0.219. The maximum Gasteiger partial charge on any atom is 0.138 e. The zero-order chi connectivity index (χ0) is 23.8. The van der Waals surface area contributed by atoms with Crippen LogP contribution in [0.1, 0.15) is 61.3 Å². The van der Waals surface area contributed by atoms with E-state index in [2.05, 4.69) is 49.1 Å². The van der Waals surface area contributed by atoms with Gasteiger partial charge in [-0.1, -0.05) is 86.9 Å². The minimum absolute atomic E-state index is 0.257. The number of unbranched alkanes of at least 4 members (excludes halogenated alkanes) is 4. The average Bonchev–Trinajstić information content (AvgIpc) is 2.88. The van der Waals surface area contributed by atoms with E-state index in [1.807, 2.05) is 18.2 Å². The van der Waals surface area contributed by atoms with Gasteiger partial charge in [-0.25, -0.2) is 4.39 Å². The molecule has 168 valence electrons. The standard InChI is InChI=1S/C32H28FN/c1-2-3-4-5-6-7-24-8-10-25(11-9-24)12-13-26-16-20-31-29(22-26)19-21-30(32(31)33)28-17-14-27(23-34)15-18-28/h8-11,14-22H,2-7H2,1H3. The lowest BCUT2D eigenvalue weighted by molar-refractivity contribution is 0.632. The molecule has 4 rings (SSSR count). The Kier molecular flexibility index (Phi) is 7.75. The van der Waals surface area contributed by atoms with Gasteiger partial charge in [-0.05, 0) is 65.8 Å². The van der Waals surface area contributed by atoms with Gasteiger partial charge in [-0.3, -0.25) is 0 Å². The zero-order valence-corrected chi connectivity index (χ0v) is 19.6. The Labute approximate surface area is 201 Å². The van der Waals surface area contributed by atoms with Crippen molar-refractivity contribution in [2.24, 2.45) is 0 Å². The summed E-state index contributed by atoms with van der Waals surface area (Å²) in [6.45, 7) is 2.24. The highest BCUT2D eigenvalue weighted by Crippen LogP contribution is 2.29. The van der Waals surface area contributed by atoms with E-state index in [0.717, 1.165) is 28.5 Å². The van der Waals surface area contributed by atoms with Gasteiger partial charge in [0.1, 0.15) is 5.82 Å². The molecule has 0 aliphatic carbocycles. The molecule has 0 aromatic heterocycles. The molecule has 1 nitrogen and oxygen atoms in total. The summed E-state index contributed by atoms with van der Waals surface area (Å²) in [5.74, 6) is 6.19. The second kappa shape index (κ2) is 11.3. The van der Waals surface area contributed by atoms with Crippen molar-refractivity contribution in [3.63, 3.8) is 0 Å². The summed E-state index contributed by atoms with van der Waals surface area (Å²) < 4.78 is 15.2. The molecule has 34 heavy (non-hydrogen) atoms. The molecule has 0 heterocycles. The third kappa shape index (κ3) is 5.72. The summed E-state index contributed by atoms with van der Waals surface area (Å²) in [5, 5.41) is 10.4. The summed E-state index contributed by atoms with van der Waals surface area (Å²) >= 11 is 0. The van der Waals surface area contributed by atoms with Crippen molar-refractivity contribution in [2.75, 3.05) is 0 Å². The number of rotatable bonds is 7. The lowest BCUT2D eigenvalue weighted by atomic mass is 9.98. The van der Waals surface area contributed by atoms with Crippen LogP contribution in [0.4, 0.5) is 4.39 Å². The van der Waals surface area contributed by atoms with Gasteiger partial charge in [0.25, 0.3) is 0 Å². The van der Waals surface area contributed by atoms with Crippen LogP contribution in [0.3, 0.4) is 0 Å². The van der Waals surface area contributed by atoms with Gasteiger partial charge in [0, 0.05) is 22.1 Å². The number of fused-ring (bicyclic) bond motifs is 1. The molecular formula is C32H28FN. The van der Waals surface area contributed by atoms with E-state index in [9.17, 15) is 0 Å². The van der Waals surface area contributed by atoms with Crippen molar-refractivity contribution in [1.29, 1.82) is 5.26 Å². The molecule has 0 N–H and O–H groups in total. The Balaban J connectivity index is 1.47. The maximum atomic E-state index is 15.2. The van der Waals surface area contributed by atoms with Crippen LogP contribution < -0.4 is 0 Å². The molecule has 0 amide bonds. The van der Waals surface area contributed by atoms with Gasteiger partial charge < -0.3 is 0 Å². The van der Waals surface area contributed by atoms with Crippen LogP contribution in [-0.2, 0) is 6.42 Å². The van der Waals surface area contributed by atoms with E-state index in [1.165, 1.54) is 37.7 Å². The van der Waals surface area contributed by atoms with E-state index in [0.29, 0.717) is 16.5 Å². The molecule has 0 saturated carbocycles. The van der Waals surface area contributed by atoms with Gasteiger partial charge in [0.2, 0.25) is 0 Å². The van der Waals surface area contributed by atoms with Gasteiger partial charge >= 0.3 is 0 Å². The topological polar surface area (TPSA) is 23.8 Å². The van der Waals surface area contributed by atoms with Crippen LogP contribution in [0.5, 0.6) is 0 Å². The average molecular weight is 446 g/mol. The molecule has 4 aromatic rings. The first kappa shape index (κ1) is 23.3. The zero-order valence-electron chi connectivity index (χ0n) is 19.6. The predicted molar refractivity (Wildman–Crippen MR) is 139 cm³/mol. The van der Waals surface area contributed by atoms with Crippen LogP contribution in [0.25, 0.3) is 21.9 Å². The van der Waals surface area contributed by atoms with Gasteiger partial charge in [0.05, 0.1) is 11.6 Å². The number of hydrogen-bond donors (Lipinski definition) is 0. The molecule has 0 bridgehead atoms. The van der Waals surface area contributed by atoms with Crippen molar-refractivity contribution in [3.8, 4) is 29.0 Å². The maximum absolute atomic E-state index is 15.2. The predicted octanol–water partition coefficient (Wildman–Crippen LogP) is 8.43. The second-order valence-corrected chi connectivity index (χ2v) is 8.66. The fourth-order valence-electron chi connectivity index (χ4n) is 4.15. The SMILES string of the molecule is CCCCCCCc1ccc(C#Cc2ccc3c(F)c(-c4ccc(C#N)cc4)ccc3c2)cc1. The molecule has 0 radical (unpaired) electrons. The highest BCUT2D eigenvalue weighted by molar-refractivity contribution is 5.89. The molecule has 0 aliphatic rings. The van der Waals surface area contributed by atoms with Gasteiger partial charge in [-0.2, -0.15) is 5.26 Å². The Morgan fingerprint density at radius 1 is 0.706 bits per heavy atom. The Morgan fingerprint density at radius 2 is 1.38 bits per heavy atom. The van der Waals surface area contributed by atoms with Crippen molar-refractivity contribution in [2.45, 2.75) is 45.4 Å². The first-order valence-corrected chi connectivity index (χ1v) is 12.0. The Morgan fingerprint density at radius 3 is 2.12 bits per heavy atom. The van der Waals surface area contributed by atoms with E-state index >= 15 is 4.39 Å². The fourth-order valence-corrected chi connectivity index (χ4v) is 4.15. The Bertz CT molecular complexity index is 1360. The quantitative estimate of drug-likeness (QED) is 0.207. The molecule has 0 fully saturated rings. The minimum atomic E-state index is -0.257. The number of nitrogens with zero attached hydrogens (tertiary/aromatic N) is 1. The smallest absolute Gasteiger partial charge is 0.138 e. The number of halogens is 1. The molecule has 0 unspecified atom stereocenters. The highest BCUT2D eigenvalue weighted by Gasteiger charge is 2.10. The third-order valence-corrected chi connectivity index (χ3v) is 6.15. The summed E-state index contributed by atoms with van der Waals surface area (Å²) in [4.78, 5) is 0. The van der Waals surface area contributed by atoms with Crippen molar-refractivity contribution < 1.29 is 4.39 Å². The number of nitriles is 1. The molecule has 0 atom stereocenters. The van der Waals surface area contributed by atoms with Crippen LogP contribution in [0.15, 0.2) is 78.9 Å². The van der Waals surface area contributed by atoms with E-state index in [4.69, 9.17) is 5.26 Å². The van der Waals surface area contributed by atoms with Crippen LogP contribution >= 0.6 is 0 Å². The Hall–Kier alpha value is -3.88. The monoisotopic (exact) mass is 445 g/mol. The van der Waals surface area contributed by atoms with E-state index in [1.54, 1.807) is 36.4 Å². The first-order chi connectivity index (χ1) is 16.7. The number of benzene rings is 4. The van der Waals surface area contributed by atoms with Gasteiger partial charge in [-0.15, -0.1) is 0 Å². The van der Waals surface area contributed by atoms with Crippen molar-refractivity contribution in [3.05, 3.63) is 107 Å². The molecule has 2 heteroatoms. The summed E-state index contributed by atoms with van der Waals surface area (Å²) in [7, 11) is 0. The van der Waals surface area contributed by atoms with E-state index < -0.39 is 0 Å². The molecular weight excluding hydrogens is 417 g/mol. The molecule has 0 aliphatic heterocycles. The van der Waals surface area contributed by atoms with E-state index in [-0.39, 0.29) is 5.82 Å².